The van der Waals surface area contributed by atoms with E-state index in [4.69, 9.17) is 9.47 Å². The van der Waals surface area contributed by atoms with E-state index in [-0.39, 0.29) is 5.91 Å². The number of benzene rings is 3. The Labute approximate surface area is 183 Å². The second-order valence-electron chi connectivity index (χ2n) is 7.23. The van der Waals surface area contributed by atoms with E-state index in [0.29, 0.717) is 12.4 Å². The molecule has 31 heavy (non-hydrogen) atoms. The summed E-state index contributed by atoms with van der Waals surface area (Å²) < 4.78 is 11.5. The topological polar surface area (TPSA) is 63.2 Å². The zero-order valence-corrected chi connectivity index (χ0v) is 18.0. The number of carbonyl (C=O) groups is 1. The SMILES string of the molecule is CC(Oc1ccc(OCc2ccccc2)cc1)C(=O)NN=Cc1ccc(N(C)C)cc1. The summed E-state index contributed by atoms with van der Waals surface area (Å²) in [6, 6.07) is 25.0. The van der Waals surface area contributed by atoms with Crippen molar-refractivity contribution in [2.45, 2.75) is 19.6 Å². The Morgan fingerprint density at radius 1 is 0.968 bits per heavy atom. The standard InChI is InChI=1S/C25H27N3O3/c1-19(25(29)27-26-17-20-9-11-22(12-10-20)28(2)3)31-24-15-13-23(14-16-24)30-18-21-7-5-4-6-8-21/h4-17,19H,18H2,1-3H3,(H,27,29). The maximum atomic E-state index is 12.2. The number of rotatable bonds is 9. The van der Waals surface area contributed by atoms with Gasteiger partial charge in [-0.25, -0.2) is 5.43 Å². The largest absolute Gasteiger partial charge is 0.489 e. The fourth-order valence-corrected chi connectivity index (χ4v) is 2.73. The van der Waals surface area contributed by atoms with Gasteiger partial charge in [0.1, 0.15) is 18.1 Å². The average Bonchev–Trinajstić information content (AvgIpc) is 2.79. The van der Waals surface area contributed by atoms with E-state index in [2.05, 4.69) is 10.5 Å². The van der Waals surface area contributed by atoms with Gasteiger partial charge in [-0.15, -0.1) is 0 Å². The molecule has 6 nitrogen and oxygen atoms in total. The minimum Gasteiger partial charge on any atom is -0.489 e. The van der Waals surface area contributed by atoms with Gasteiger partial charge in [-0.1, -0.05) is 42.5 Å². The lowest BCUT2D eigenvalue weighted by Crippen LogP contribution is -2.33. The lowest BCUT2D eigenvalue weighted by Gasteiger charge is -2.13. The second-order valence-corrected chi connectivity index (χ2v) is 7.23. The van der Waals surface area contributed by atoms with Crippen LogP contribution >= 0.6 is 0 Å². The summed E-state index contributed by atoms with van der Waals surface area (Å²) in [5.74, 6) is 0.988. The van der Waals surface area contributed by atoms with Crippen molar-refractivity contribution in [3.63, 3.8) is 0 Å². The van der Waals surface area contributed by atoms with E-state index < -0.39 is 6.10 Å². The predicted molar refractivity (Wildman–Crippen MR) is 124 cm³/mol. The maximum absolute atomic E-state index is 12.2. The number of hydrazone groups is 1. The molecule has 1 amide bonds. The summed E-state index contributed by atoms with van der Waals surface area (Å²) in [6.45, 7) is 2.17. The smallest absolute Gasteiger partial charge is 0.280 e. The molecule has 0 saturated heterocycles. The Hall–Kier alpha value is -3.80. The van der Waals surface area contributed by atoms with Crippen molar-refractivity contribution in [2.24, 2.45) is 5.10 Å². The van der Waals surface area contributed by atoms with Crippen molar-refractivity contribution in [1.82, 2.24) is 5.43 Å². The highest BCUT2D eigenvalue weighted by molar-refractivity contribution is 5.84. The van der Waals surface area contributed by atoms with Gasteiger partial charge in [-0.05, 0) is 54.4 Å². The predicted octanol–water partition coefficient (Wildman–Crippen LogP) is 4.25. The number of amides is 1. The fraction of sp³-hybridized carbons (Fsp3) is 0.200. The van der Waals surface area contributed by atoms with Crippen LogP contribution in [0.25, 0.3) is 0 Å². The van der Waals surface area contributed by atoms with E-state index >= 15 is 0 Å². The molecule has 0 bridgehead atoms. The number of hydrogen-bond acceptors (Lipinski definition) is 5. The Morgan fingerprint density at radius 2 is 1.61 bits per heavy atom. The minimum absolute atomic E-state index is 0.328. The molecule has 3 aromatic carbocycles. The summed E-state index contributed by atoms with van der Waals surface area (Å²) >= 11 is 0. The molecule has 1 unspecified atom stereocenters. The molecule has 0 aromatic heterocycles. The molecule has 6 heteroatoms. The molecule has 0 radical (unpaired) electrons. The van der Waals surface area contributed by atoms with Crippen LogP contribution in [-0.4, -0.2) is 32.3 Å². The molecular formula is C25H27N3O3. The Balaban J connectivity index is 1.45. The molecule has 0 aliphatic heterocycles. The number of nitrogens with one attached hydrogen (secondary N) is 1. The van der Waals surface area contributed by atoms with Gasteiger partial charge in [0, 0.05) is 19.8 Å². The highest BCUT2D eigenvalue weighted by Crippen LogP contribution is 2.19. The van der Waals surface area contributed by atoms with E-state index in [0.717, 1.165) is 22.6 Å². The number of hydrogen-bond donors (Lipinski definition) is 1. The van der Waals surface area contributed by atoms with Gasteiger partial charge in [-0.2, -0.15) is 5.10 Å². The lowest BCUT2D eigenvalue weighted by molar-refractivity contribution is -0.127. The number of ether oxygens (including phenoxy) is 2. The minimum atomic E-state index is -0.690. The second kappa shape index (κ2) is 10.8. The molecule has 0 aliphatic rings. The van der Waals surface area contributed by atoms with Crippen molar-refractivity contribution in [1.29, 1.82) is 0 Å². The van der Waals surface area contributed by atoms with Crippen LogP contribution in [0.2, 0.25) is 0 Å². The Bertz CT molecular complexity index is 985. The van der Waals surface area contributed by atoms with Crippen LogP contribution in [-0.2, 0) is 11.4 Å². The van der Waals surface area contributed by atoms with Gasteiger partial charge in [0.2, 0.25) is 0 Å². The van der Waals surface area contributed by atoms with Crippen LogP contribution in [0.4, 0.5) is 5.69 Å². The summed E-state index contributed by atoms with van der Waals surface area (Å²) in [6.07, 6.45) is 0.910. The van der Waals surface area contributed by atoms with Gasteiger partial charge in [0.25, 0.3) is 5.91 Å². The van der Waals surface area contributed by atoms with Crippen LogP contribution in [0, 0.1) is 0 Å². The molecule has 0 saturated carbocycles. The molecular weight excluding hydrogens is 390 g/mol. The Kier molecular flexibility index (Phi) is 7.65. The third-order valence-electron chi connectivity index (χ3n) is 4.55. The molecule has 0 aliphatic carbocycles. The fourth-order valence-electron chi connectivity index (χ4n) is 2.73. The van der Waals surface area contributed by atoms with Crippen LogP contribution in [0.5, 0.6) is 11.5 Å². The summed E-state index contributed by atoms with van der Waals surface area (Å²) in [4.78, 5) is 14.2. The van der Waals surface area contributed by atoms with Crippen LogP contribution in [0.1, 0.15) is 18.1 Å². The molecule has 0 spiro atoms. The highest BCUT2D eigenvalue weighted by Gasteiger charge is 2.14. The third kappa shape index (κ3) is 6.89. The first-order chi connectivity index (χ1) is 15.0. The molecule has 3 rings (SSSR count). The van der Waals surface area contributed by atoms with E-state index in [1.165, 1.54) is 0 Å². The van der Waals surface area contributed by atoms with Gasteiger partial charge in [-0.3, -0.25) is 4.79 Å². The summed E-state index contributed by atoms with van der Waals surface area (Å²) in [7, 11) is 3.96. The number of nitrogens with zero attached hydrogens (tertiary/aromatic N) is 2. The first-order valence-corrected chi connectivity index (χ1v) is 10.0. The molecule has 1 atom stereocenters. The Morgan fingerprint density at radius 3 is 2.26 bits per heavy atom. The van der Waals surface area contributed by atoms with Crippen molar-refractivity contribution < 1.29 is 14.3 Å². The molecule has 3 aromatic rings. The molecule has 0 heterocycles. The zero-order valence-electron chi connectivity index (χ0n) is 18.0. The van der Waals surface area contributed by atoms with Gasteiger partial charge in [0.15, 0.2) is 6.10 Å². The highest BCUT2D eigenvalue weighted by atomic mass is 16.5. The lowest BCUT2D eigenvalue weighted by atomic mass is 10.2. The number of anilines is 1. The first-order valence-electron chi connectivity index (χ1n) is 10.0. The van der Waals surface area contributed by atoms with E-state index in [1.54, 1.807) is 25.3 Å². The van der Waals surface area contributed by atoms with Gasteiger partial charge in [0.05, 0.1) is 6.21 Å². The number of carbonyl (C=O) groups excluding carboxylic acids is 1. The van der Waals surface area contributed by atoms with Crippen LogP contribution in [0.3, 0.4) is 0 Å². The van der Waals surface area contributed by atoms with Gasteiger partial charge < -0.3 is 14.4 Å². The van der Waals surface area contributed by atoms with Crippen molar-refractivity contribution in [2.75, 3.05) is 19.0 Å². The van der Waals surface area contributed by atoms with Crippen molar-refractivity contribution in [3.8, 4) is 11.5 Å². The van der Waals surface area contributed by atoms with Gasteiger partial charge >= 0.3 is 0 Å². The molecule has 0 fully saturated rings. The van der Waals surface area contributed by atoms with Crippen LogP contribution < -0.4 is 19.8 Å². The van der Waals surface area contributed by atoms with Crippen LogP contribution in [0.15, 0.2) is 84.0 Å². The van der Waals surface area contributed by atoms with Crippen molar-refractivity contribution >= 4 is 17.8 Å². The van der Waals surface area contributed by atoms with E-state index in [1.807, 2.05) is 85.7 Å². The quantitative estimate of drug-likeness (QED) is 0.418. The summed E-state index contributed by atoms with van der Waals surface area (Å²) in [5, 5.41) is 4.01. The molecule has 160 valence electrons. The zero-order chi connectivity index (χ0) is 22.1. The van der Waals surface area contributed by atoms with E-state index in [9.17, 15) is 4.79 Å². The monoisotopic (exact) mass is 417 g/mol. The summed E-state index contributed by atoms with van der Waals surface area (Å²) in [5.41, 5.74) is 5.60. The molecule has 1 N–H and O–H groups in total. The van der Waals surface area contributed by atoms with Crippen molar-refractivity contribution in [3.05, 3.63) is 90.0 Å². The normalized spacial score (nSPS) is 11.7. The first kappa shape index (κ1) is 21.9. The third-order valence-corrected chi connectivity index (χ3v) is 4.55. The maximum Gasteiger partial charge on any atom is 0.280 e. The average molecular weight is 418 g/mol.